The lowest BCUT2D eigenvalue weighted by Gasteiger charge is -2.52. The number of ketones is 1. The Bertz CT molecular complexity index is 1250. The summed E-state index contributed by atoms with van der Waals surface area (Å²) in [7, 11) is 0. The minimum absolute atomic E-state index is 0.00171. The summed E-state index contributed by atoms with van der Waals surface area (Å²) in [5, 5.41) is 13.0. The van der Waals surface area contributed by atoms with Gasteiger partial charge in [0.05, 0.1) is 17.6 Å². The second-order valence-corrected chi connectivity index (χ2v) is 12.9. The van der Waals surface area contributed by atoms with Crippen molar-refractivity contribution in [2.75, 3.05) is 6.61 Å². The normalized spacial score (nSPS) is 42.5. The first-order valence-corrected chi connectivity index (χ1v) is 13.2. The van der Waals surface area contributed by atoms with Gasteiger partial charge < -0.3 is 19.3 Å². The number of pyridine rings is 1. The zero-order chi connectivity index (χ0) is 27.6. The third-order valence-corrected chi connectivity index (χ3v) is 9.97. The molecule has 2 heterocycles. The number of carbonyl (C=O) groups excluding carboxylic acids is 1. The van der Waals surface area contributed by atoms with Gasteiger partial charge in [-0.3, -0.25) is 4.79 Å². The van der Waals surface area contributed by atoms with Crippen LogP contribution in [0, 0.1) is 34.5 Å². The fraction of sp³-hybridized carbons (Fsp3) is 0.655. The highest BCUT2D eigenvalue weighted by molar-refractivity contribution is 5.95. The number of aromatic nitrogens is 1. The van der Waals surface area contributed by atoms with Crippen LogP contribution in [-0.2, 0) is 20.4 Å². The average Bonchev–Trinajstić information content (AvgIpc) is 3.31. The number of carbonyl (C=O) groups is 1. The maximum atomic E-state index is 14.7. The van der Waals surface area contributed by atoms with Gasteiger partial charge >= 0.3 is 6.18 Å². The largest absolute Gasteiger partial charge is 0.467 e. The van der Waals surface area contributed by atoms with Gasteiger partial charge in [0.25, 0.3) is 0 Å². The molecule has 2 saturated carbocycles. The van der Waals surface area contributed by atoms with Crippen molar-refractivity contribution in [2.45, 2.75) is 77.7 Å². The lowest BCUT2D eigenvalue weighted by Crippen LogP contribution is -2.68. The molecule has 9 heteroatoms. The molecule has 1 spiro atoms. The first kappa shape index (κ1) is 26.0. The van der Waals surface area contributed by atoms with E-state index in [1.54, 1.807) is 20.8 Å². The molecule has 0 radical (unpaired) electrons. The van der Waals surface area contributed by atoms with E-state index in [2.05, 4.69) is 18.8 Å². The number of rotatable bonds is 2. The van der Waals surface area contributed by atoms with Crippen molar-refractivity contribution in [2.24, 2.45) is 34.5 Å². The lowest BCUT2D eigenvalue weighted by molar-refractivity contribution is -0.301. The Labute approximate surface area is 220 Å². The standard InChI is InChI=1S/C29H34F3NO5/c1-14-11-27-15(2)9-19-21(25(19,3)4)18(22(27)34)10-16-13-36-26(5,6)38-24(16)28(27,35)23(14)37-20-8-7-17(12-33-20)29(30,31)32/h7-8,10-12,15,18-19,21,23-24,35H,9,13H2,1-6H3/t15-,18+,19-,21+,23+,24-,27+,28-/m1/s1. The molecule has 1 aromatic rings. The van der Waals surface area contributed by atoms with Crippen LogP contribution in [0.25, 0.3) is 0 Å². The quantitative estimate of drug-likeness (QED) is 0.533. The highest BCUT2D eigenvalue weighted by Gasteiger charge is 2.77. The van der Waals surface area contributed by atoms with Crippen LogP contribution in [0.5, 0.6) is 5.88 Å². The van der Waals surface area contributed by atoms with Crippen molar-refractivity contribution in [3.05, 3.63) is 47.2 Å². The number of alkyl halides is 3. The molecule has 8 atom stereocenters. The molecule has 1 N–H and O–H groups in total. The molecule has 38 heavy (non-hydrogen) atoms. The van der Waals surface area contributed by atoms with E-state index in [4.69, 9.17) is 14.2 Å². The summed E-state index contributed by atoms with van der Waals surface area (Å²) >= 11 is 0. The Hall–Kier alpha value is -2.23. The van der Waals surface area contributed by atoms with Gasteiger partial charge in [-0.25, -0.2) is 4.98 Å². The van der Waals surface area contributed by atoms with Crippen molar-refractivity contribution in [1.82, 2.24) is 4.98 Å². The second-order valence-electron chi connectivity index (χ2n) is 12.9. The molecule has 3 fully saturated rings. The van der Waals surface area contributed by atoms with Crippen molar-refractivity contribution in [1.29, 1.82) is 0 Å². The third kappa shape index (κ3) is 3.30. The van der Waals surface area contributed by atoms with E-state index in [1.165, 1.54) is 0 Å². The number of halogens is 3. The van der Waals surface area contributed by atoms with Crippen LogP contribution < -0.4 is 4.74 Å². The summed E-state index contributed by atoms with van der Waals surface area (Å²) in [6.45, 7) is 11.9. The Morgan fingerprint density at radius 1 is 1.18 bits per heavy atom. The predicted molar refractivity (Wildman–Crippen MR) is 131 cm³/mol. The predicted octanol–water partition coefficient (Wildman–Crippen LogP) is 5.11. The highest BCUT2D eigenvalue weighted by Crippen LogP contribution is 2.72. The zero-order valence-electron chi connectivity index (χ0n) is 22.4. The topological polar surface area (TPSA) is 77.9 Å². The number of allylic oxidation sites excluding steroid dienone is 1. The lowest BCUT2D eigenvalue weighted by atomic mass is 9.59. The van der Waals surface area contributed by atoms with Crippen molar-refractivity contribution in [3.8, 4) is 5.88 Å². The van der Waals surface area contributed by atoms with Gasteiger partial charge in [-0.05, 0) is 67.6 Å². The van der Waals surface area contributed by atoms with Crippen molar-refractivity contribution in [3.63, 3.8) is 0 Å². The summed E-state index contributed by atoms with van der Waals surface area (Å²) in [4.78, 5) is 18.5. The van der Waals surface area contributed by atoms with Gasteiger partial charge in [-0.1, -0.05) is 32.9 Å². The first-order chi connectivity index (χ1) is 17.5. The van der Waals surface area contributed by atoms with Crippen LogP contribution in [0.3, 0.4) is 0 Å². The highest BCUT2D eigenvalue weighted by atomic mass is 19.4. The number of ether oxygens (including phenoxy) is 3. The Kier molecular flexibility index (Phi) is 5.27. The maximum absolute atomic E-state index is 14.7. The van der Waals surface area contributed by atoms with Gasteiger partial charge in [0, 0.05) is 18.2 Å². The van der Waals surface area contributed by atoms with Gasteiger partial charge in [-0.15, -0.1) is 0 Å². The Morgan fingerprint density at radius 3 is 2.53 bits per heavy atom. The van der Waals surface area contributed by atoms with E-state index in [-0.39, 0.29) is 35.5 Å². The van der Waals surface area contributed by atoms with E-state index in [0.717, 1.165) is 18.6 Å². The fourth-order valence-corrected chi connectivity index (χ4v) is 8.04. The van der Waals surface area contributed by atoms with Crippen LogP contribution in [0.4, 0.5) is 13.2 Å². The monoisotopic (exact) mass is 533 g/mol. The summed E-state index contributed by atoms with van der Waals surface area (Å²) in [6.07, 6.45) is -1.25. The van der Waals surface area contributed by atoms with Crippen molar-refractivity contribution >= 4 is 5.78 Å². The second kappa shape index (κ2) is 7.70. The van der Waals surface area contributed by atoms with E-state index in [1.807, 2.05) is 19.1 Å². The number of hydrogen-bond donors (Lipinski definition) is 1. The van der Waals surface area contributed by atoms with E-state index >= 15 is 0 Å². The molecule has 1 aliphatic heterocycles. The number of aliphatic hydroxyl groups is 1. The molecule has 206 valence electrons. The molecule has 6 rings (SSSR count). The summed E-state index contributed by atoms with van der Waals surface area (Å²) < 4.78 is 58.0. The van der Waals surface area contributed by atoms with Gasteiger partial charge in [0.2, 0.25) is 5.88 Å². The molecule has 6 nitrogen and oxygen atoms in total. The molecule has 1 saturated heterocycles. The van der Waals surface area contributed by atoms with Crippen LogP contribution in [-0.4, -0.2) is 46.1 Å². The molecule has 1 aromatic heterocycles. The molecule has 2 bridgehead atoms. The number of hydrogen-bond acceptors (Lipinski definition) is 6. The molecular weight excluding hydrogens is 499 g/mol. The molecule has 4 aliphatic carbocycles. The molecule has 0 aromatic carbocycles. The number of nitrogens with zero attached hydrogens (tertiary/aromatic N) is 1. The minimum atomic E-state index is -4.54. The van der Waals surface area contributed by atoms with Crippen LogP contribution in [0.2, 0.25) is 0 Å². The fourth-order valence-electron chi connectivity index (χ4n) is 8.04. The molecule has 0 unspecified atom stereocenters. The molecular formula is C29H34F3NO5. The zero-order valence-corrected chi connectivity index (χ0v) is 22.4. The van der Waals surface area contributed by atoms with E-state index in [9.17, 15) is 23.1 Å². The van der Waals surface area contributed by atoms with E-state index < -0.39 is 46.7 Å². The van der Waals surface area contributed by atoms with Crippen LogP contribution in [0.15, 0.2) is 41.6 Å². The third-order valence-electron chi connectivity index (χ3n) is 9.97. The minimum Gasteiger partial charge on any atom is -0.467 e. The average molecular weight is 534 g/mol. The Morgan fingerprint density at radius 2 is 1.89 bits per heavy atom. The maximum Gasteiger partial charge on any atom is 0.417 e. The first-order valence-electron chi connectivity index (χ1n) is 13.2. The molecule has 0 amide bonds. The van der Waals surface area contributed by atoms with Gasteiger partial charge in [-0.2, -0.15) is 13.2 Å². The van der Waals surface area contributed by atoms with Crippen LogP contribution in [0.1, 0.15) is 53.5 Å². The summed E-state index contributed by atoms with van der Waals surface area (Å²) in [5.74, 6) is -1.33. The van der Waals surface area contributed by atoms with Gasteiger partial charge in [0.15, 0.2) is 23.3 Å². The van der Waals surface area contributed by atoms with Gasteiger partial charge in [0.1, 0.15) is 6.10 Å². The molecule has 5 aliphatic rings. The van der Waals surface area contributed by atoms with Crippen LogP contribution >= 0.6 is 0 Å². The SMILES string of the molecule is CC1=C[C@]23C(=O)[C@@H](C=C4COC(C)(C)O[C@H]4[C@]2(O)[C@H]1Oc1ccc(C(F)(F)F)cn1)[C@H]1[C@@H](C[C@H]3C)C1(C)C. The summed E-state index contributed by atoms with van der Waals surface area (Å²) in [5.41, 5.74) is -2.75. The van der Waals surface area contributed by atoms with E-state index in [0.29, 0.717) is 23.3 Å². The Balaban J connectivity index is 1.50. The van der Waals surface area contributed by atoms with Crippen molar-refractivity contribution < 1.29 is 37.3 Å². The number of Topliss-reactive ketones (excluding diaryl/α,β-unsaturated/α-hetero) is 1. The number of fused-ring (bicyclic) bond motifs is 5. The smallest absolute Gasteiger partial charge is 0.417 e. The summed E-state index contributed by atoms with van der Waals surface area (Å²) in [6, 6.07) is 2.04.